The van der Waals surface area contributed by atoms with Crippen molar-refractivity contribution in [1.82, 2.24) is 5.32 Å². The molecule has 2 aliphatic carbocycles. The quantitative estimate of drug-likeness (QED) is 0.859. The average Bonchev–Trinajstić information content (AvgIpc) is 2.83. The molecule has 0 aromatic heterocycles. The summed E-state index contributed by atoms with van der Waals surface area (Å²) in [4.78, 5) is 12.6. The summed E-state index contributed by atoms with van der Waals surface area (Å²) in [6.07, 6.45) is 5.91. The Bertz CT molecular complexity index is 560. The SMILES string of the molecule is CC1(N)CCCCC1C(=O)NC1CCc2c(Cl)cccc21.Cl. The van der Waals surface area contributed by atoms with Crippen LogP contribution in [0.1, 0.15) is 56.2 Å². The molecule has 1 saturated carbocycles. The molecule has 0 aliphatic heterocycles. The average molecular weight is 343 g/mol. The summed E-state index contributed by atoms with van der Waals surface area (Å²) < 4.78 is 0. The van der Waals surface area contributed by atoms with E-state index in [2.05, 4.69) is 11.4 Å². The Morgan fingerprint density at radius 1 is 1.36 bits per heavy atom. The highest BCUT2D eigenvalue weighted by atomic mass is 35.5. The lowest BCUT2D eigenvalue weighted by molar-refractivity contribution is -0.128. The summed E-state index contributed by atoms with van der Waals surface area (Å²) in [5, 5.41) is 4.02. The number of amides is 1. The van der Waals surface area contributed by atoms with Crippen molar-refractivity contribution in [3.8, 4) is 0 Å². The predicted molar refractivity (Wildman–Crippen MR) is 92.5 cm³/mol. The fourth-order valence-electron chi connectivity index (χ4n) is 3.82. The van der Waals surface area contributed by atoms with E-state index in [9.17, 15) is 4.79 Å². The molecule has 3 rings (SSSR count). The Morgan fingerprint density at radius 2 is 2.14 bits per heavy atom. The molecule has 1 aromatic rings. The van der Waals surface area contributed by atoms with Gasteiger partial charge in [0.25, 0.3) is 0 Å². The molecule has 0 heterocycles. The number of rotatable bonds is 2. The van der Waals surface area contributed by atoms with Gasteiger partial charge in [-0.25, -0.2) is 0 Å². The minimum absolute atomic E-state index is 0. The highest BCUT2D eigenvalue weighted by molar-refractivity contribution is 6.31. The molecular formula is C17H24Cl2N2O. The first-order chi connectivity index (χ1) is 9.99. The molecule has 122 valence electrons. The van der Waals surface area contributed by atoms with Gasteiger partial charge < -0.3 is 11.1 Å². The lowest BCUT2D eigenvalue weighted by Crippen LogP contribution is -2.53. The predicted octanol–water partition coefficient (Wildman–Crippen LogP) is 3.77. The van der Waals surface area contributed by atoms with Gasteiger partial charge in [0.2, 0.25) is 5.91 Å². The summed E-state index contributed by atoms with van der Waals surface area (Å²) in [6.45, 7) is 2.01. The van der Waals surface area contributed by atoms with Crippen LogP contribution in [0.15, 0.2) is 18.2 Å². The number of carbonyl (C=O) groups excluding carboxylic acids is 1. The van der Waals surface area contributed by atoms with Crippen LogP contribution in [0.25, 0.3) is 0 Å². The lowest BCUT2D eigenvalue weighted by Gasteiger charge is -2.37. The van der Waals surface area contributed by atoms with Crippen LogP contribution in [-0.2, 0) is 11.2 Å². The maximum absolute atomic E-state index is 12.6. The summed E-state index contributed by atoms with van der Waals surface area (Å²) in [7, 11) is 0. The number of hydrogen-bond donors (Lipinski definition) is 2. The van der Waals surface area contributed by atoms with E-state index in [0.717, 1.165) is 43.5 Å². The summed E-state index contributed by atoms with van der Waals surface area (Å²) in [5.74, 6) is 0.0343. The maximum Gasteiger partial charge on any atom is 0.225 e. The highest BCUT2D eigenvalue weighted by Gasteiger charge is 2.39. The van der Waals surface area contributed by atoms with Gasteiger partial charge in [0, 0.05) is 10.6 Å². The zero-order chi connectivity index (χ0) is 15.0. The molecule has 0 bridgehead atoms. The first-order valence-electron chi connectivity index (χ1n) is 7.85. The van der Waals surface area contributed by atoms with Crippen molar-refractivity contribution in [3.63, 3.8) is 0 Å². The number of fused-ring (bicyclic) bond motifs is 1. The standard InChI is InChI=1S/C17H23ClN2O.ClH/c1-17(19)10-3-2-6-13(17)16(21)20-15-9-8-11-12(15)5-4-7-14(11)18;/h4-5,7,13,15H,2-3,6,8-10,19H2,1H3,(H,20,21);1H. The molecule has 1 fully saturated rings. The fraction of sp³-hybridized carbons (Fsp3) is 0.588. The topological polar surface area (TPSA) is 55.1 Å². The van der Waals surface area contributed by atoms with Crippen LogP contribution < -0.4 is 11.1 Å². The first-order valence-corrected chi connectivity index (χ1v) is 8.23. The Kier molecular flexibility index (Phi) is 5.41. The molecule has 3 unspecified atom stereocenters. The van der Waals surface area contributed by atoms with Crippen LogP contribution in [0.5, 0.6) is 0 Å². The van der Waals surface area contributed by atoms with Gasteiger partial charge in [0.05, 0.1) is 12.0 Å². The number of nitrogens with two attached hydrogens (primary N) is 1. The third-order valence-electron chi connectivity index (χ3n) is 5.10. The third-order valence-corrected chi connectivity index (χ3v) is 5.45. The molecule has 0 radical (unpaired) electrons. The van der Waals surface area contributed by atoms with E-state index in [4.69, 9.17) is 17.3 Å². The number of halogens is 2. The smallest absolute Gasteiger partial charge is 0.225 e. The van der Waals surface area contributed by atoms with E-state index >= 15 is 0 Å². The Balaban J connectivity index is 0.00000176. The van der Waals surface area contributed by atoms with E-state index < -0.39 is 0 Å². The number of hydrogen-bond acceptors (Lipinski definition) is 2. The van der Waals surface area contributed by atoms with E-state index in [1.807, 2.05) is 19.1 Å². The van der Waals surface area contributed by atoms with Gasteiger partial charge in [-0.3, -0.25) is 4.79 Å². The van der Waals surface area contributed by atoms with E-state index in [-0.39, 0.29) is 35.8 Å². The first kappa shape index (κ1) is 17.6. The Labute approximate surface area is 143 Å². The molecule has 0 saturated heterocycles. The van der Waals surface area contributed by atoms with Gasteiger partial charge in [-0.2, -0.15) is 0 Å². The van der Waals surface area contributed by atoms with Crippen LogP contribution in [-0.4, -0.2) is 11.4 Å². The van der Waals surface area contributed by atoms with Crippen molar-refractivity contribution < 1.29 is 4.79 Å². The Hall–Kier alpha value is -0.770. The molecular weight excluding hydrogens is 319 g/mol. The van der Waals surface area contributed by atoms with Crippen LogP contribution in [0.2, 0.25) is 5.02 Å². The number of carbonyl (C=O) groups is 1. The monoisotopic (exact) mass is 342 g/mol. The van der Waals surface area contributed by atoms with Gasteiger partial charge in [0.1, 0.15) is 0 Å². The zero-order valence-corrected chi connectivity index (χ0v) is 14.5. The van der Waals surface area contributed by atoms with E-state index in [1.165, 1.54) is 11.1 Å². The van der Waals surface area contributed by atoms with Crippen LogP contribution in [0.4, 0.5) is 0 Å². The molecule has 3 atom stereocenters. The second-order valence-corrected chi connectivity index (χ2v) is 7.12. The summed E-state index contributed by atoms with van der Waals surface area (Å²) in [5.41, 5.74) is 8.31. The second kappa shape index (κ2) is 6.77. The normalized spacial score (nSPS) is 30.3. The minimum Gasteiger partial charge on any atom is -0.349 e. The van der Waals surface area contributed by atoms with Crippen molar-refractivity contribution in [3.05, 3.63) is 34.3 Å². The van der Waals surface area contributed by atoms with Crippen LogP contribution in [0.3, 0.4) is 0 Å². The lowest BCUT2D eigenvalue weighted by atomic mass is 9.74. The minimum atomic E-state index is -0.377. The van der Waals surface area contributed by atoms with Gasteiger partial charge in [-0.05, 0) is 49.8 Å². The van der Waals surface area contributed by atoms with Gasteiger partial charge >= 0.3 is 0 Å². The van der Waals surface area contributed by atoms with Crippen LogP contribution in [0, 0.1) is 5.92 Å². The second-order valence-electron chi connectivity index (χ2n) is 6.71. The van der Waals surface area contributed by atoms with Crippen LogP contribution >= 0.6 is 24.0 Å². The molecule has 2 aliphatic rings. The highest BCUT2D eigenvalue weighted by Crippen LogP contribution is 2.37. The molecule has 3 nitrogen and oxygen atoms in total. The van der Waals surface area contributed by atoms with Crippen molar-refractivity contribution >= 4 is 29.9 Å². The largest absolute Gasteiger partial charge is 0.349 e. The summed E-state index contributed by atoms with van der Waals surface area (Å²) in [6, 6.07) is 6.04. The molecule has 1 amide bonds. The number of benzene rings is 1. The third kappa shape index (κ3) is 3.27. The fourth-order valence-corrected chi connectivity index (χ4v) is 4.10. The molecule has 5 heteroatoms. The van der Waals surface area contributed by atoms with E-state index in [1.54, 1.807) is 0 Å². The van der Waals surface area contributed by atoms with Crippen molar-refractivity contribution in [1.29, 1.82) is 0 Å². The molecule has 0 spiro atoms. The number of nitrogens with one attached hydrogen (secondary N) is 1. The van der Waals surface area contributed by atoms with Gasteiger partial charge in [-0.15, -0.1) is 12.4 Å². The molecule has 1 aromatic carbocycles. The maximum atomic E-state index is 12.6. The van der Waals surface area contributed by atoms with Crippen molar-refractivity contribution in [2.45, 2.75) is 57.0 Å². The Morgan fingerprint density at radius 3 is 2.86 bits per heavy atom. The zero-order valence-electron chi connectivity index (χ0n) is 12.9. The molecule has 22 heavy (non-hydrogen) atoms. The van der Waals surface area contributed by atoms with Crippen molar-refractivity contribution in [2.24, 2.45) is 11.7 Å². The van der Waals surface area contributed by atoms with Crippen molar-refractivity contribution in [2.75, 3.05) is 0 Å². The summed E-state index contributed by atoms with van der Waals surface area (Å²) >= 11 is 6.23. The van der Waals surface area contributed by atoms with E-state index in [0.29, 0.717) is 0 Å². The van der Waals surface area contributed by atoms with Gasteiger partial charge in [-0.1, -0.05) is 36.6 Å². The molecule has 3 N–H and O–H groups in total. The van der Waals surface area contributed by atoms with Gasteiger partial charge in [0.15, 0.2) is 0 Å².